The fourth-order valence-corrected chi connectivity index (χ4v) is 13.1. The highest BCUT2D eigenvalue weighted by Crippen LogP contribution is 2.50. The first kappa shape index (κ1) is 39.1. The van der Waals surface area contributed by atoms with Gasteiger partial charge in [-0.15, -0.1) is 22.7 Å². The highest BCUT2D eigenvalue weighted by molar-refractivity contribution is 7.25. The van der Waals surface area contributed by atoms with Gasteiger partial charge in [-0.05, 0) is 163 Å². The molecule has 0 aliphatic heterocycles. The van der Waals surface area contributed by atoms with E-state index in [1.165, 1.54) is 139 Å². The van der Waals surface area contributed by atoms with Crippen LogP contribution in [0.1, 0.15) is 0 Å². The van der Waals surface area contributed by atoms with Crippen LogP contribution in [0.2, 0.25) is 0 Å². The lowest BCUT2D eigenvalue weighted by molar-refractivity contribution is 1.67. The van der Waals surface area contributed by atoms with Crippen molar-refractivity contribution < 1.29 is 0 Å². The van der Waals surface area contributed by atoms with Gasteiger partial charge in [0.05, 0.1) is 0 Å². The van der Waals surface area contributed by atoms with Gasteiger partial charge in [-0.1, -0.05) is 194 Å². The number of benzene rings is 12. The van der Waals surface area contributed by atoms with Gasteiger partial charge in [-0.2, -0.15) is 0 Å². The molecule has 0 saturated heterocycles. The molecule has 2 heteroatoms. The number of thiophene rings is 2. The lowest BCUT2D eigenvalue weighted by atomic mass is 9.83. The van der Waals surface area contributed by atoms with Crippen molar-refractivity contribution in [2.75, 3.05) is 0 Å². The Morgan fingerprint density at radius 3 is 0.971 bits per heavy atom. The van der Waals surface area contributed by atoms with Crippen molar-refractivity contribution >= 4 is 98.1 Å². The zero-order valence-electron chi connectivity index (χ0n) is 36.9. The van der Waals surface area contributed by atoms with Gasteiger partial charge in [0.1, 0.15) is 0 Å². The SMILES string of the molecule is c1ccc2cc(-c3ccc(-c4ccc(-c5c6ccccc6c(-c6ccc7c(-c8ccc9ccccc9c8)c8ccccc8c(-c8ccc9ccccc9c8)c7c6)c6ccccc56)s4)s3)ccc2c1. The minimum atomic E-state index is 1.21. The molecule has 14 rings (SSSR count). The molecule has 0 atom stereocenters. The van der Waals surface area contributed by atoms with Crippen LogP contribution < -0.4 is 0 Å². The summed E-state index contributed by atoms with van der Waals surface area (Å²) in [5, 5.41) is 17.6. The van der Waals surface area contributed by atoms with E-state index >= 15 is 0 Å². The van der Waals surface area contributed by atoms with Crippen molar-refractivity contribution in [3.8, 4) is 64.0 Å². The standard InChI is InChI=1S/C66H40S2/c1-4-16-44-37-47(28-25-41(44)13-1)59-33-34-60(67-59)61-35-36-62(68-61)66-55-23-11-9-21-53(55)64(54-22-10-12-24-56(54)66)50-31-32-57-58(40-50)65(49-30-27-43-15-3-6-18-46(43)39-49)52-20-8-7-19-51(52)63(57)48-29-26-42-14-2-5-17-45(42)38-48/h1-40H. The molecule has 12 aromatic carbocycles. The number of hydrogen-bond donors (Lipinski definition) is 0. The number of hydrogen-bond acceptors (Lipinski definition) is 2. The van der Waals surface area contributed by atoms with Gasteiger partial charge in [-0.25, -0.2) is 0 Å². The molecule has 0 spiro atoms. The van der Waals surface area contributed by atoms with E-state index in [-0.39, 0.29) is 0 Å². The zero-order chi connectivity index (χ0) is 44.7. The van der Waals surface area contributed by atoms with E-state index in [9.17, 15) is 0 Å². The molecule has 0 fully saturated rings. The fraction of sp³-hybridized carbons (Fsp3) is 0. The second-order valence-corrected chi connectivity index (χ2v) is 20.1. The van der Waals surface area contributed by atoms with E-state index in [4.69, 9.17) is 0 Å². The smallest absolute Gasteiger partial charge is 0.0449 e. The second-order valence-electron chi connectivity index (χ2n) is 17.9. The highest BCUT2D eigenvalue weighted by atomic mass is 32.1. The summed E-state index contributed by atoms with van der Waals surface area (Å²) >= 11 is 3.77. The molecule has 0 N–H and O–H groups in total. The first-order valence-corrected chi connectivity index (χ1v) is 24.9. The Hall–Kier alpha value is -8.14. The molecule has 0 amide bonds. The summed E-state index contributed by atoms with van der Waals surface area (Å²) in [6.07, 6.45) is 0. The Balaban J connectivity index is 0.977. The summed E-state index contributed by atoms with van der Waals surface area (Å²) in [4.78, 5) is 5.16. The minimum absolute atomic E-state index is 1.21. The molecule has 0 nitrogen and oxygen atoms in total. The van der Waals surface area contributed by atoms with Gasteiger partial charge in [0, 0.05) is 25.1 Å². The quantitative estimate of drug-likeness (QED) is 0.146. The van der Waals surface area contributed by atoms with Gasteiger partial charge in [0.25, 0.3) is 0 Å². The van der Waals surface area contributed by atoms with Crippen LogP contribution in [0, 0.1) is 0 Å². The van der Waals surface area contributed by atoms with Crippen LogP contribution in [-0.2, 0) is 0 Å². The summed E-state index contributed by atoms with van der Waals surface area (Å²) < 4.78 is 0. The fourth-order valence-electron chi connectivity index (χ4n) is 10.9. The van der Waals surface area contributed by atoms with Crippen LogP contribution in [0.3, 0.4) is 0 Å². The molecule has 68 heavy (non-hydrogen) atoms. The van der Waals surface area contributed by atoms with E-state index in [2.05, 4.69) is 243 Å². The lowest BCUT2D eigenvalue weighted by Crippen LogP contribution is -1.93. The van der Waals surface area contributed by atoms with Crippen molar-refractivity contribution in [2.45, 2.75) is 0 Å². The Labute approximate surface area is 402 Å². The minimum Gasteiger partial charge on any atom is -0.134 e. The normalized spacial score (nSPS) is 11.8. The molecule has 0 aliphatic carbocycles. The topological polar surface area (TPSA) is 0 Å². The monoisotopic (exact) mass is 896 g/mol. The van der Waals surface area contributed by atoms with Crippen LogP contribution in [0.5, 0.6) is 0 Å². The van der Waals surface area contributed by atoms with Crippen molar-refractivity contribution in [1.29, 1.82) is 0 Å². The predicted molar refractivity (Wildman–Crippen MR) is 297 cm³/mol. The number of rotatable bonds is 6. The Kier molecular flexibility index (Phi) is 9.05. The largest absolute Gasteiger partial charge is 0.134 e. The lowest BCUT2D eigenvalue weighted by Gasteiger charge is -2.21. The van der Waals surface area contributed by atoms with E-state index in [0.717, 1.165) is 0 Å². The summed E-state index contributed by atoms with van der Waals surface area (Å²) in [6.45, 7) is 0. The Morgan fingerprint density at radius 2 is 0.485 bits per heavy atom. The van der Waals surface area contributed by atoms with Gasteiger partial charge >= 0.3 is 0 Å². The summed E-state index contributed by atoms with van der Waals surface area (Å²) in [7, 11) is 0. The summed E-state index contributed by atoms with van der Waals surface area (Å²) in [5.74, 6) is 0. The third-order valence-electron chi connectivity index (χ3n) is 14.1. The van der Waals surface area contributed by atoms with E-state index in [0.29, 0.717) is 0 Å². The van der Waals surface area contributed by atoms with Gasteiger partial charge in [-0.3, -0.25) is 0 Å². The second kappa shape index (κ2) is 15.7. The maximum absolute atomic E-state index is 2.50. The zero-order valence-corrected chi connectivity index (χ0v) is 38.5. The van der Waals surface area contributed by atoms with Gasteiger partial charge < -0.3 is 0 Å². The van der Waals surface area contributed by atoms with Crippen LogP contribution in [0.4, 0.5) is 0 Å². The Bertz CT molecular complexity index is 4280. The third-order valence-corrected chi connectivity index (χ3v) is 16.5. The average molecular weight is 897 g/mol. The van der Waals surface area contributed by atoms with Crippen LogP contribution in [-0.4, -0.2) is 0 Å². The Morgan fingerprint density at radius 1 is 0.176 bits per heavy atom. The molecule has 14 aromatic rings. The van der Waals surface area contributed by atoms with Crippen LogP contribution in [0.25, 0.3) is 139 Å². The van der Waals surface area contributed by atoms with Gasteiger partial charge in [0.2, 0.25) is 0 Å². The third kappa shape index (κ3) is 6.33. The molecule has 0 saturated carbocycles. The molecule has 2 heterocycles. The van der Waals surface area contributed by atoms with Crippen molar-refractivity contribution in [2.24, 2.45) is 0 Å². The molecule has 0 bridgehead atoms. The number of fused-ring (bicyclic) bond motifs is 7. The maximum Gasteiger partial charge on any atom is 0.0449 e. The maximum atomic E-state index is 2.50. The van der Waals surface area contributed by atoms with Gasteiger partial charge in [0.15, 0.2) is 0 Å². The molecule has 0 aliphatic rings. The van der Waals surface area contributed by atoms with Crippen molar-refractivity contribution in [1.82, 2.24) is 0 Å². The van der Waals surface area contributed by atoms with Crippen molar-refractivity contribution in [3.63, 3.8) is 0 Å². The van der Waals surface area contributed by atoms with Crippen LogP contribution in [0.15, 0.2) is 243 Å². The first-order valence-electron chi connectivity index (χ1n) is 23.3. The van der Waals surface area contributed by atoms with Crippen molar-refractivity contribution in [3.05, 3.63) is 243 Å². The molecular formula is C66H40S2. The van der Waals surface area contributed by atoms with E-state index in [1.807, 2.05) is 22.7 Å². The molecule has 0 unspecified atom stereocenters. The van der Waals surface area contributed by atoms with E-state index < -0.39 is 0 Å². The first-order chi connectivity index (χ1) is 33.7. The summed E-state index contributed by atoms with van der Waals surface area (Å²) in [6, 6.07) is 90.5. The highest BCUT2D eigenvalue weighted by Gasteiger charge is 2.22. The average Bonchev–Trinajstić information content (AvgIpc) is 4.10. The summed E-state index contributed by atoms with van der Waals surface area (Å²) in [5.41, 5.74) is 10.0. The van der Waals surface area contributed by atoms with E-state index in [1.54, 1.807) is 0 Å². The predicted octanol–water partition coefficient (Wildman–Crippen LogP) is 19.9. The molecule has 2 aromatic heterocycles. The molecule has 316 valence electrons. The molecular weight excluding hydrogens is 857 g/mol. The van der Waals surface area contributed by atoms with Crippen LogP contribution >= 0.6 is 22.7 Å². The molecule has 0 radical (unpaired) electrons.